The van der Waals surface area contributed by atoms with Crippen LogP contribution in [0, 0.1) is 0 Å². The van der Waals surface area contributed by atoms with Crippen molar-refractivity contribution in [3.05, 3.63) is 35.9 Å². The Morgan fingerprint density at radius 1 is 1.09 bits per heavy atom. The highest BCUT2D eigenvalue weighted by atomic mass is 16.2. The second-order valence-electron chi connectivity index (χ2n) is 6.19. The molecule has 1 heterocycles. The van der Waals surface area contributed by atoms with Crippen molar-refractivity contribution in [2.24, 2.45) is 0 Å². The molecular formula is C17H28N4O. The predicted octanol–water partition coefficient (Wildman–Crippen LogP) is 0.482. The van der Waals surface area contributed by atoms with Crippen LogP contribution in [0.5, 0.6) is 0 Å². The summed E-state index contributed by atoms with van der Waals surface area (Å²) in [7, 11) is 4.02. The first-order valence-electron chi connectivity index (χ1n) is 8.03. The fraction of sp³-hybridized carbons (Fsp3) is 0.588. The van der Waals surface area contributed by atoms with Gasteiger partial charge < -0.3 is 10.2 Å². The number of rotatable bonds is 7. The maximum Gasteiger partial charge on any atom is 0.234 e. The first-order chi connectivity index (χ1) is 10.6. The first-order valence-corrected chi connectivity index (χ1v) is 8.03. The van der Waals surface area contributed by atoms with E-state index in [0.717, 1.165) is 45.8 Å². The lowest BCUT2D eigenvalue weighted by atomic mass is 10.2. The monoisotopic (exact) mass is 304 g/mol. The molecule has 0 aromatic heterocycles. The highest BCUT2D eigenvalue weighted by Crippen LogP contribution is 2.08. The van der Waals surface area contributed by atoms with Crippen molar-refractivity contribution in [3.8, 4) is 0 Å². The highest BCUT2D eigenvalue weighted by molar-refractivity contribution is 5.78. The van der Waals surface area contributed by atoms with Gasteiger partial charge in [-0.25, -0.2) is 0 Å². The molecule has 22 heavy (non-hydrogen) atoms. The fourth-order valence-electron chi connectivity index (χ4n) is 2.63. The summed E-state index contributed by atoms with van der Waals surface area (Å²) < 4.78 is 0. The quantitative estimate of drug-likeness (QED) is 0.795. The molecule has 122 valence electrons. The van der Waals surface area contributed by atoms with Crippen molar-refractivity contribution in [2.75, 3.05) is 59.9 Å². The van der Waals surface area contributed by atoms with E-state index in [9.17, 15) is 4.79 Å². The molecule has 0 spiro atoms. The molecule has 0 radical (unpaired) electrons. The lowest BCUT2D eigenvalue weighted by Gasteiger charge is -2.34. The van der Waals surface area contributed by atoms with Gasteiger partial charge in [-0.05, 0) is 19.7 Å². The summed E-state index contributed by atoms with van der Waals surface area (Å²) in [6, 6.07) is 10.6. The summed E-state index contributed by atoms with van der Waals surface area (Å²) in [4.78, 5) is 18.6. The largest absolute Gasteiger partial charge is 0.354 e. The minimum absolute atomic E-state index is 0.137. The molecule has 1 aliphatic heterocycles. The van der Waals surface area contributed by atoms with Crippen LogP contribution in [0.4, 0.5) is 0 Å². The molecule has 1 amide bonds. The minimum Gasteiger partial charge on any atom is -0.354 e. The van der Waals surface area contributed by atoms with E-state index in [1.165, 1.54) is 5.56 Å². The maximum absolute atomic E-state index is 11.9. The molecule has 1 aromatic rings. The summed E-state index contributed by atoms with van der Waals surface area (Å²) in [5, 5.41) is 2.98. The van der Waals surface area contributed by atoms with Gasteiger partial charge in [-0.15, -0.1) is 0 Å². The van der Waals surface area contributed by atoms with Crippen LogP contribution in [0.15, 0.2) is 30.3 Å². The number of piperazine rings is 1. The molecule has 0 atom stereocenters. The van der Waals surface area contributed by atoms with Crippen LogP contribution < -0.4 is 5.32 Å². The topological polar surface area (TPSA) is 38.8 Å². The van der Waals surface area contributed by atoms with Crippen LogP contribution in [-0.4, -0.2) is 80.5 Å². The normalized spacial score (nSPS) is 16.9. The third-order valence-electron chi connectivity index (χ3n) is 3.96. The predicted molar refractivity (Wildman–Crippen MR) is 89.7 cm³/mol. The standard InChI is InChI=1S/C17H28N4O/c1-19(2)9-8-18-17(22)15-21-12-10-20(11-13-21)14-16-6-4-3-5-7-16/h3-7H,8-15H2,1-2H3,(H,18,22). The number of hydrogen-bond acceptors (Lipinski definition) is 4. The Hall–Kier alpha value is -1.43. The van der Waals surface area contributed by atoms with Crippen LogP contribution in [0.1, 0.15) is 5.56 Å². The third kappa shape index (κ3) is 6.13. The van der Waals surface area contributed by atoms with E-state index < -0.39 is 0 Å². The Labute approximate surface area is 133 Å². The molecule has 0 saturated carbocycles. The lowest BCUT2D eigenvalue weighted by molar-refractivity contribution is -0.122. The van der Waals surface area contributed by atoms with Gasteiger partial charge >= 0.3 is 0 Å². The van der Waals surface area contributed by atoms with E-state index in [0.29, 0.717) is 6.54 Å². The van der Waals surface area contributed by atoms with E-state index in [4.69, 9.17) is 0 Å². The molecule has 1 fully saturated rings. The summed E-state index contributed by atoms with van der Waals surface area (Å²) in [6.07, 6.45) is 0. The molecule has 1 aromatic carbocycles. The molecule has 1 aliphatic rings. The van der Waals surface area contributed by atoms with Gasteiger partial charge in [0.05, 0.1) is 6.54 Å². The van der Waals surface area contributed by atoms with Gasteiger partial charge in [-0.2, -0.15) is 0 Å². The van der Waals surface area contributed by atoms with Crippen LogP contribution in [0.25, 0.3) is 0 Å². The van der Waals surface area contributed by atoms with Gasteiger partial charge in [0, 0.05) is 45.8 Å². The molecule has 0 bridgehead atoms. The first kappa shape index (κ1) is 16.9. The minimum atomic E-state index is 0.137. The van der Waals surface area contributed by atoms with Crippen LogP contribution >= 0.6 is 0 Å². The average Bonchev–Trinajstić information content (AvgIpc) is 2.50. The van der Waals surface area contributed by atoms with Crippen molar-refractivity contribution in [3.63, 3.8) is 0 Å². The molecular weight excluding hydrogens is 276 g/mol. The second kappa shape index (κ2) is 8.88. The zero-order chi connectivity index (χ0) is 15.8. The van der Waals surface area contributed by atoms with Crippen LogP contribution in [0.3, 0.4) is 0 Å². The van der Waals surface area contributed by atoms with Gasteiger partial charge in [0.15, 0.2) is 0 Å². The Balaban J connectivity index is 1.63. The molecule has 1 saturated heterocycles. The van der Waals surface area contributed by atoms with E-state index >= 15 is 0 Å². The zero-order valence-corrected chi connectivity index (χ0v) is 13.8. The third-order valence-corrected chi connectivity index (χ3v) is 3.96. The molecule has 5 heteroatoms. The van der Waals surface area contributed by atoms with Crippen molar-refractivity contribution < 1.29 is 4.79 Å². The van der Waals surface area contributed by atoms with E-state index in [1.807, 2.05) is 14.1 Å². The van der Waals surface area contributed by atoms with Crippen molar-refractivity contribution in [1.82, 2.24) is 20.0 Å². The number of amides is 1. The molecule has 0 aliphatic carbocycles. The van der Waals surface area contributed by atoms with Gasteiger partial charge in [0.25, 0.3) is 0 Å². The molecule has 0 unspecified atom stereocenters. The van der Waals surface area contributed by atoms with Crippen molar-refractivity contribution >= 4 is 5.91 Å². The van der Waals surface area contributed by atoms with Gasteiger partial charge in [0.1, 0.15) is 0 Å². The fourth-order valence-corrected chi connectivity index (χ4v) is 2.63. The molecule has 5 nitrogen and oxygen atoms in total. The van der Waals surface area contributed by atoms with Gasteiger partial charge in [-0.3, -0.25) is 14.6 Å². The zero-order valence-electron chi connectivity index (χ0n) is 13.8. The Kier molecular flexibility index (Phi) is 6.83. The number of nitrogens with zero attached hydrogens (tertiary/aromatic N) is 3. The number of carbonyl (C=O) groups excluding carboxylic acids is 1. The van der Waals surface area contributed by atoms with Crippen molar-refractivity contribution in [2.45, 2.75) is 6.54 Å². The van der Waals surface area contributed by atoms with Crippen LogP contribution in [-0.2, 0) is 11.3 Å². The smallest absolute Gasteiger partial charge is 0.234 e. The maximum atomic E-state index is 11.9. The molecule has 1 N–H and O–H groups in total. The van der Waals surface area contributed by atoms with E-state index in [-0.39, 0.29) is 5.91 Å². The number of carbonyl (C=O) groups is 1. The molecule has 2 rings (SSSR count). The van der Waals surface area contributed by atoms with Crippen molar-refractivity contribution in [1.29, 1.82) is 0 Å². The summed E-state index contributed by atoms with van der Waals surface area (Å²) >= 11 is 0. The van der Waals surface area contributed by atoms with Gasteiger partial charge in [0.2, 0.25) is 5.91 Å². The van der Waals surface area contributed by atoms with Crippen LogP contribution in [0.2, 0.25) is 0 Å². The Bertz CT molecular complexity index is 441. The Morgan fingerprint density at radius 3 is 2.36 bits per heavy atom. The summed E-state index contributed by atoms with van der Waals surface area (Å²) in [6.45, 7) is 7.12. The summed E-state index contributed by atoms with van der Waals surface area (Å²) in [5.74, 6) is 0.137. The number of nitrogens with one attached hydrogen (secondary N) is 1. The number of hydrogen-bond donors (Lipinski definition) is 1. The van der Waals surface area contributed by atoms with E-state index in [1.54, 1.807) is 0 Å². The average molecular weight is 304 g/mol. The number of benzene rings is 1. The Morgan fingerprint density at radius 2 is 1.73 bits per heavy atom. The summed E-state index contributed by atoms with van der Waals surface area (Å²) in [5.41, 5.74) is 1.36. The lowest BCUT2D eigenvalue weighted by Crippen LogP contribution is -2.49. The van der Waals surface area contributed by atoms with Gasteiger partial charge in [-0.1, -0.05) is 30.3 Å². The van der Waals surface area contributed by atoms with E-state index in [2.05, 4.69) is 50.3 Å². The SMILES string of the molecule is CN(C)CCNC(=O)CN1CCN(Cc2ccccc2)CC1. The number of likely N-dealkylation sites (N-methyl/N-ethyl adjacent to an activating group) is 1. The highest BCUT2D eigenvalue weighted by Gasteiger charge is 2.18. The second-order valence-corrected chi connectivity index (χ2v) is 6.19.